The van der Waals surface area contributed by atoms with Crippen LogP contribution < -0.4 is 11.1 Å². The van der Waals surface area contributed by atoms with E-state index in [1.807, 2.05) is 6.92 Å². The lowest BCUT2D eigenvalue weighted by molar-refractivity contribution is -0.137. The Balaban J connectivity index is 2.36. The van der Waals surface area contributed by atoms with Crippen molar-refractivity contribution in [3.05, 3.63) is 29.3 Å². The molecule has 0 aliphatic heterocycles. The van der Waals surface area contributed by atoms with Crippen molar-refractivity contribution in [3.63, 3.8) is 0 Å². The van der Waals surface area contributed by atoms with E-state index in [0.717, 1.165) is 5.56 Å². The molecule has 0 atom stereocenters. The lowest BCUT2D eigenvalue weighted by Gasteiger charge is -2.06. The van der Waals surface area contributed by atoms with Crippen LogP contribution >= 0.6 is 0 Å². The van der Waals surface area contributed by atoms with Gasteiger partial charge in [0.05, 0.1) is 0 Å². The maximum Gasteiger partial charge on any atom is 0.303 e. The van der Waals surface area contributed by atoms with E-state index in [2.05, 4.69) is 5.32 Å². The summed E-state index contributed by atoms with van der Waals surface area (Å²) in [5.41, 5.74) is 7.78. The van der Waals surface area contributed by atoms with Gasteiger partial charge in [0.2, 0.25) is 0 Å². The van der Waals surface area contributed by atoms with Gasteiger partial charge in [-0.25, -0.2) is 0 Å². The Morgan fingerprint density at radius 3 is 2.67 bits per heavy atom. The molecule has 0 bridgehead atoms. The fraction of sp³-hybridized carbons (Fsp3) is 0.385. The fourth-order valence-electron chi connectivity index (χ4n) is 1.49. The topological polar surface area (TPSA) is 92.4 Å². The monoisotopic (exact) mass is 250 g/mol. The largest absolute Gasteiger partial charge is 0.481 e. The molecule has 98 valence electrons. The van der Waals surface area contributed by atoms with E-state index in [1.165, 1.54) is 0 Å². The van der Waals surface area contributed by atoms with Crippen molar-refractivity contribution >= 4 is 17.6 Å². The average molecular weight is 250 g/mol. The number of unbranched alkanes of at least 4 members (excludes halogenated alkanes) is 1. The minimum absolute atomic E-state index is 0.132. The Kier molecular flexibility index (Phi) is 5.17. The standard InChI is InChI=1S/C13H18N2O3/c1-9-5-6-10(8-11(9)14)13(18)15-7-3-2-4-12(16)17/h5-6,8H,2-4,7,14H2,1H3,(H,15,18)(H,16,17). The van der Waals surface area contributed by atoms with Crippen LogP contribution in [0.2, 0.25) is 0 Å². The molecule has 0 spiro atoms. The lowest BCUT2D eigenvalue weighted by Crippen LogP contribution is -2.24. The molecule has 0 radical (unpaired) electrons. The zero-order valence-electron chi connectivity index (χ0n) is 10.4. The quantitative estimate of drug-likeness (QED) is 0.527. The molecular weight excluding hydrogens is 232 g/mol. The minimum atomic E-state index is -0.812. The van der Waals surface area contributed by atoms with E-state index < -0.39 is 5.97 Å². The molecule has 0 aromatic heterocycles. The third kappa shape index (κ3) is 4.45. The van der Waals surface area contributed by atoms with Crippen molar-refractivity contribution in [2.45, 2.75) is 26.2 Å². The van der Waals surface area contributed by atoms with Crippen molar-refractivity contribution in [1.82, 2.24) is 5.32 Å². The van der Waals surface area contributed by atoms with Gasteiger partial charge in [-0.1, -0.05) is 6.07 Å². The highest BCUT2D eigenvalue weighted by atomic mass is 16.4. The molecule has 0 heterocycles. The number of nitrogen functional groups attached to an aromatic ring is 1. The second-order valence-corrected chi connectivity index (χ2v) is 4.18. The molecule has 1 aromatic rings. The zero-order valence-corrected chi connectivity index (χ0v) is 10.4. The van der Waals surface area contributed by atoms with Gasteiger partial charge in [-0.05, 0) is 37.5 Å². The molecule has 0 unspecified atom stereocenters. The van der Waals surface area contributed by atoms with Crippen LogP contribution in [-0.4, -0.2) is 23.5 Å². The number of hydrogen-bond acceptors (Lipinski definition) is 3. The number of carbonyl (C=O) groups excluding carboxylic acids is 1. The molecule has 1 amide bonds. The first-order chi connectivity index (χ1) is 8.50. The Morgan fingerprint density at radius 1 is 1.33 bits per heavy atom. The van der Waals surface area contributed by atoms with Crippen molar-refractivity contribution in [3.8, 4) is 0 Å². The molecule has 18 heavy (non-hydrogen) atoms. The average Bonchev–Trinajstić information content (AvgIpc) is 2.31. The predicted octanol–water partition coefficient (Wildman–Crippen LogP) is 1.56. The molecular formula is C13H18N2O3. The fourth-order valence-corrected chi connectivity index (χ4v) is 1.49. The summed E-state index contributed by atoms with van der Waals surface area (Å²) in [7, 11) is 0. The summed E-state index contributed by atoms with van der Waals surface area (Å²) in [5.74, 6) is -0.996. The van der Waals surface area contributed by atoms with Gasteiger partial charge in [-0.2, -0.15) is 0 Å². The van der Waals surface area contributed by atoms with Gasteiger partial charge in [-0.15, -0.1) is 0 Å². The van der Waals surface area contributed by atoms with Gasteiger partial charge in [0.25, 0.3) is 5.91 Å². The number of benzene rings is 1. The third-order valence-electron chi connectivity index (χ3n) is 2.64. The van der Waals surface area contributed by atoms with Crippen molar-refractivity contribution in [2.24, 2.45) is 0 Å². The molecule has 0 saturated heterocycles. The van der Waals surface area contributed by atoms with Crippen LogP contribution in [0.3, 0.4) is 0 Å². The summed E-state index contributed by atoms with van der Waals surface area (Å²) < 4.78 is 0. The Morgan fingerprint density at radius 2 is 2.06 bits per heavy atom. The second kappa shape index (κ2) is 6.64. The molecule has 5 nitrogen and oxygen atoms in total. The van der Waals surface area contributed by atoms with E-state index in [9.17, 15) is 9.59 Å². The highest BCUT2D eigenvalue weighted by molar-refractivity contribution is 5.95. The number of amides is 1. The first-order valence-electron chi connectivity index (χ1n) is 5.87. The number of carboxylic acid groups (broad SMARTS) is 1. The van der Waals surface area contributed by atoms with E-state index in [1.54, 1.807) is 18.2 Å². The van der Waals surface area contributed by atoms with E-state index >= 15 is 0 Å². The smallest absolute Gasteiger partial charge is 0.303 e. The van der Waals surface area contributed by atoms with Gasteiger partial charge in [0.15, 0.2) is 0 Å². The first-order valence-corrected chi connectivity index (χ1v) is 5.87. The highest BCUT2D eigenvalue weighted by Crippen LogP contribution is 2.12. The van der Waals surface area contributed by atoms with Crippen LogP contribution in [0.1, 0.15) is 35.2 Å². The molecule has 0 saturated carbocycles. The number of carboxylic acids is 1. The molecule has 0 aliphatic carbocycles. The van der Waals surface area contributed by atoms with E-state index in [-0.39, 0.29) is 12.3 Å². The number of anilines is 1. The predicted molar refractivity (Wildman–Crippen MR) is 69.4 cm³/mol. The molecule has 5 heteroatoms. The minimum Gasteiger partial charge on any atom is -0.481 e. The lowest BCUT2D eigenvalue weighted by atomic mass is 10.1. The SMILES string of the molecule is Cc1ccc(C(=O)NCCCCC(=O)O)cc1N. The summed E-state index contributed by atoms with van der Waals surface area (Å²) in [5, 5.41) is 11.2. The maximum absolute atomic E-state index is 11.7. The molecule has 0 fully saturated rings. The number of nitrogens with two attached hydrogens (primary N) is 1. The van der Waals surface area contributed by atoms with Gasteiger partial charge < -0.3 is 16.2 Å². The van der Waals surface area contributed by atoms with Crippen LogP contribution in [0.25, 0.3) is 0 Å². The van der Waals surface area contributed by atoms with Crippen LogP contribution in [0.5, 0.6) is 0 Å². The summed E-state index contributed by atoms with van der Waals surface area (Å²) in [4.78, 5) is 22.0. The number of rotatable bonds is 6. The summed E-state index contributed by atoms with van der Waals surface area (Å²) in [6.07, 6.45) is 1.35. The second-order valence-electron chi connectivity index (χ2n) is 4.18. The zero-order chi connectivity index (χ0) is 13.5. The van der Waals surface area contributed by atoms with Crippen LogP contribution in [0.15, 0.2) is 18.2 Å². The summed E-state index contributed by atoms with van der Waals surface area (Å²) >= 11 is 0. The number of carbonyl (C=O) groups is 2. The number of aryl methyl sites for hydroxylation is 1. The molecule has 0 aliphatic rings. The highest BCUT2D eigenvalue weighted by Gasteiger charge is 2.06. The Hall–Kier alpha value is -2.04. The first kappa shape index (κ1) is 14.0. The molecule has 4 N–H and O–H groups in total. The molecule has 1 aromatic carbocycles. The van der Waals surface area contributed by atoms with Gasteiger partial charge in [0, 0.05) is 24.2 Å². The number of aliphatic carboxylic acids is 1. The van der Waals surface area contributed by atoms with E-state index in [4.69, 9.17) is 10.8 Å². The van der Waals surface area contributed by atoms with Crippen LogP contribution in [-0.2, 0) is 4.79 Å². The summed E-state index contributed by atoms with van der Waals surface area (Å²) in [6.45, 7) is 2.35. The van der Waals surface area contributed by atoms with Gasteiger partial charge in [-0.3, -0.25) is 9.59 Å². The maximum atomic E-state index is 11.7. The Labute approximate surface area is 106 Å². The van der Waals surface area contributed by atoms with Crippen LogP contribution in [0.4, 0.5) is 5.69 Å². The van der Waals surface area contributed by atoms with Crippen molar-refractivity contribution < 1.29 is 14.7 Å². The van der Waals surface area contributed by atoms with Gasteiger partial charge in [0.1, 0.15) is 0 Å². The molecule has 1 rings (SSSR count). The van der Waals surface area contributed by atoms with Gasteiger partial charge >= 0.3 is 5.97 Å². The van der Waals surface area contributed by atoms with Crippen molar-refractivity contribution in [2.75, 3.05) is 12.3 Å². The number of hydrogen-bond donors (Lipinski definition) is 3. The third-order valence-corrected chi connectivity index (χ3v) is 2.64. The van der Waals surface area contributed by atoms with Crippen LogP contribution in [0, 0.1) is 6.92 Å². The van der Waals surface area contributed by atoms with E-state index in [0.29, 0.717) is 30.6 Å². The van der Waals surface area contributed by atoms with Crippen molar-refractivity contribution in [1.29, 1.82) is 0 Å². The normalized spacial score (nSPS) is 10.1. The number of nitrogens with one attached hydrogen (secondary N) is 1. The summed E-state index contributed by atoms with van der Waals surface area (Å²) in [6, 6.07) is 5.16. The Bertz CT molecular complexity index is 444.